The molecular weight excluding hydrogens is 158 g/mol. The third-order valence-corrected chi connectivity index (χ3v) is 2.45. The predicted octanol–water partition coefficient (Wildman–Crippen LogP) is 3.51. The van der Waals surface area contributed by atoms with Crippen molar-refractivity contribution in [2.45, 2.75) is 58.4 Å². The highest BCUT2D eigenvalue weighted by atomic mass is 14.9. The molecule has 0 spiro atoms. The Morgan fingerprint density at radius 2 is 2.00 bits per heavy atom. The number of hydrogen-bond donors (Lipinski definition) is 1. The number of hydrogen-bond acceptors (Lipinski definition) is 1. The van der Waals surface area contributed by atoms with Crippen LogP contribution in [0.1, 0.15) is 52.4 Å². The molecule has 13 heavy (non-hydrogen) atoms. The molecule has 0 bridgehead atoms. The van der Waals surface area contributed by atoms with E-state index in [0.29, 0.717) is 0 Å². The van der Waals surface area contributed by atoms with Gasteiger partial charge in [-0.15, -0.1) is 6.58 Å². The van der Waals surface area contributed by atoms with Gasteiger partial charge in [0.1, 0.15) is 0 Å². The fourth-order valence-corrected chi connectivity index (χ4v) is 1.60. The summed E-state index contributed by atoms with van der Waals surface area (Å²) < 4.78 is 0. The molecule has 0 aromatic heterocycles. The normalized spacial score (nSPS) is 12.8. The van der Waals surface area contributed by atoms with Gasteiger partial charge in [-0.2, -0.15) is 0 Å². The SMILES string of the molecule is C=C(C)CCCCC(CCC)NC. The average molecular weight is 183 g/mol. The minimum absolute atomic E-state index is 0.732. The molecule has 0 aliphatic carbocycles. The molecule has 0 aromatic carbocycles. The smallest absolute Gasteiger partial charge is 0.00639 e. The second kappa shape index (κ2) is 8.31. The lowest BCUT2D eigenvalue weighted by Crippen LogP contribution is -2.24. The van der Waals surface area contributed by atoms with Crippen molar-refractivity contribution >= 4 is 0 Å². The van der Waals surface area contributed by atoms with E-state index >= 15 is 0 Å². The van der Waals surface area contributed by atoms with Crippen molar-refractivity contribution in [3.8, 4) is 0 Å². The van der Waals surface area contributed by atoms with Crippen molar-refractivity contribution in [1.82, 2.24) is 5.32 Å². The van der Waals surface area contributed by atoms with Gasteiger partial charge < -0.3 is 5.32 Å². The van der Waals surface area contributed by atoms with E-state index in [-0.39, 0.29) is 0 Å². The Bertz CT molecular complexity index is 129. The predicted molar refractivity (Wildman–Crippen MR) is 61.0 cm³/mol. The maximum Gasteiger partial charge on any atom is 0.00639 e. The van der Waals surface area contributed by atoms with Gasteiger partial charge in [0, 0.05) is 6.04 Å². The van der Waals surface area contributed by atoms with Crippen LogP contribution in [0.3, 0.4) is 0 Å². The highest BCUT2D eigenvalue weighted by Gasteiger charge is 2.03. The Balaban J connectivity index is 3.32. The highest BCUT2D eigenvalue weighted by Crippen LogP contribution is 2.10. The second-order valence-electron chi connectivity index (χ2n) is 3.98. The van der Waals surface area contributed by atoms with Crippen LogP contribution in [0.4, 0.5) is 0 Å². The van der Waals surface area contributed by atoms with E-state index in [4.69, 9.17) is 0 Å². The lowest BCUT2D eigenvalue weighted by atomic mass is 10.0. The lowest BCUT2D eigenvalue weighted by molar-refractivity contribution is 0.462. The van der Waals surface area contributed by atoms with Gasteiger partial charge in [0.2, 0.25) is 0 Å². The fourth-order valence-electron chi connectivity index (χ4n) is 1.60. The van der Waals surface area contributed by atoms with Crippen LogP contribution >= 0.6 is 0 Å². The van der Waals surface area contributed by atoms with E-state index in [1.54, 1.807) is 0 Å². The Morgan fingerprint density at radius 1 is 1.31 bits per heavy atom. The van der Waals surface area contributed by atoms with Crippen molar-refractivity contribution in [1.29, 1.82) is 0 Å². The van der Waals surface area contributed by atoms with Crippen LogP contribution in [0.15, 0.2) is 12.2 Å². The molecule has 1 atom stereocenters. The third-order valence-electron chi connectivity index (χ3n) is 2.45. The summed E-state index contributed by atoms with van der Waals surface area (Å²) in [5.74, 6) is 0. The first-order valence-electron chi connectivity index (χ1n) is 5.52. The number of allylic oxidation sites excluding steroid dienone is 1. The van der Waals surface area contributed by atoms with E-state index in [1.165, 1.54) is 44.1 Å². The van der Waals surface area contributed by atoms with Gasteiger partial charge in [0.05, 0.1) is 0 Å². The Hall–Kier alpha value is -0.300. The molecule has 0 amide bonds. The second-order valence-corrected chi connectivity index (χ2v) is 3.98. The van der Waals surface area contributed by atoms with Crippen LogP contribution in [0, 0.1) is 0 Å². The highest BCUT2D eigenvalue weighted by molar-refractivity contribution is 4.87. The molecule has 1 N–H and O–H groups in total. The molecule has 78 valence electrons. The summed E-state index contributed by atoms with van der Waals surface area (Å²) in [6.45, 7) is 8.27. The molecule has 0 saturated carbocycles. The van der Waals surface area contributed by atoms with E-state index in [9.17, 15) is 0 Å². The summed E-state index contributed by atoms with van der Waals surface area (Å²) in [4.78, 5) is 0. The molecule has 0 aliphatic heterocycles. The maximum absolute atomic E-state index is 3.91. The van der Waals surface area contributed by atoms with Crippen molar-refractivity contribution in [2.75, 3.05) is 7.05 Å². The summed E-state index contributed by atoms with van der Waals surface area (Å²) in [6.07, 6.45) is 7.74. The van der Waals surface area contributed by atoms with E-state index < -0.39 is 0 Å². The van der Waals surface area contributed by atoms with Gasteiger partial charge in [-0.05, 0) is 39.7 Å². The quantitative estimate of drug-likeness (QED) is 0.448. The summed E-state index contributed by atoms with van der Waals surface area (Å²) >= 11 is 0. The van der Waals surface area contributed by atoms with Gasteiger partial charge in [0.25, 0.3) is 0 Å². The molecule has 0 rings (SSSR count). The zero-order chi connectivity index (χ0) is 10.1. The van der Waals surface area contributed by atoms with Gasteiger partial charge in [-0.25, -0.2) is 0 Å². The molecule has 1 nitrogen and oxygen atoms in total. The average Bonchev–Trinajstić information content (AvgIpc) is 2.10. The molecule has 0 saturated heterocycles. The first-order chi connectivity index (χ1) is 6.20. The Kier molecular flexibility index (Phi) is 8.11. The van der Waals surface area contributed by atoms with Crippen molar-refractivity contribution in [3.63, 3.8) is 0 Å². The zero-order valence-electron chi connectivity index (χ0n) is 9.53. The Morgan fingerprint density at radius 3 is 2.46 bits per heavy atom. The number of nitrogens with one attached hydrogen (secondary N) is 1. The van der Waals surface area contributed by atoms with Gasteiger partial charge in [-0.1, -0.05) is 25.3 Å². The Labute approximate surface area is 83.6 Å². The van der Waals surface area contributed by atoms with Gasteiger partial charge in [0.15, 0.2) is 0 Å². The molecule has 0 radical (unpaired) electrons. The van der Waals surface area contributed by atoms with E-state index in [1.807, 2.05) is 0 Å². The van der Waals surface area contributed by atoms with Crippen LogP contribution < -0.4 is 5.32 Å². The van der Waals surface area contributed by atoms with Crippen LogP contribution in [0.25, 0.3) is 0 Å². The first kappa shape index (κ1) is 12.7. The molecule has 1 heteroatoms. The summed E-state index contributed by atoms with van der Waals surface area (Å²) in [5, 5.41) is 3.37. The van der Waals surface area contributed by atoms with Crippen molar-refractivity contribution in [2.24, 2.45) is 0 Å². The molecule has 1 unspecified atom stereocenters. The van der Waals surface area contributed by atoms with Crippen LogP contribution in [0.2, 0.25) is 0 Å². The minimum Gasteiger partial charge on any atom is -0.317 e. The maximum atomic E-state index is 3.91. The number of unbranched alkanes of at least 4 members (excludes halogenated alkanes) is 1. The first-order valence-corrected chi connectivity index (χ1v) is 5.52. The minimum atomic E-state index is 0.732. The van der Waals surface area contributed by atoms with Crippen LogP contribution in [-0.2, 0) is 0 Å². The molecule has 0 heterocycles. The van der Waals surface area contributed by atoms with Crippen molar-refractivity contribution in [3.05, 3.63) is 12.2 Å². The number of rotatable bonds is 8. The monoisotopic (exact) mass is 183 g/mol. The van der Waals surface area contributed by atoms with E-state index in [2.05, 4.69) is 32.8 Å². The summed E-state index contributed by atoms with van der Waals surface area (Å²) in [5.41, 5.74) is 1.32. The lowest BCUT2D eigenvalue weighted by Gasteiger charge is -2.14. The zero-order valence-corrected chi connectivity index (χ0v) is 9.53. The summed E-state index contributed by atoms with van der Waals surface area (Å²) in [6, 6.07) is 0.732. The standard InChI is InChI=1S/C12H25N/c1-5-8-12(13-4)10-7-6-9-11(2)3/h12-13H,2,5-10H2,1,3-4H3. The van der Waals surface area contributed by atoms with Crippen LogP contribution in [0.5, 0.6) is 0 Å². The van der Waals surface area contributed by atoms with Crippen LogP contribution in [-0.4, -0.2) is 13.1 Å². The molecule has 0 aliphatic rings. The van der Waals surface area contributed by atoms with Gasteiger partial charge >= 0.3 is 0 Å². The fraction of sp³-hybridized carbons (Fsp3) is 0.833. The van der Waals surface area contributed by atoms with Crippen molar-refractivity contribution < 1.29 is 0 Å². The molecule has 0 aromatic rings. The molecule has 0 fully saturated rings. The largest absolute Gasteiger partial charge is 0.317 e. The molecular formula is C12H25N. The van der Waals surface area contributed by atoms with E-state index in [0.717, 1.165) is 6.04 Å². The topological polar surface area (TPSA) is 12.0 Å². The van der Waals surface area contributed by atoms with Gasteiger partial charge in [-0.3, -0.25) is 0 Å². The summed E-state index contributed by atoms with van der Waals surface area (Å²) in [7, 11) is 2.07. The third kappa shape index (κ3) is 8.04.